The molecule has 1 N–H and O–H groups in total. The minimum Gasteiger partial charge on any atom is -0.351 e. The Hall–Kier alpha value is -2.15. The maximum absolute atomic E-state index is 12.1. The van der Waals surface area contributed by atoms with Crippen molar-refractivity contribution < 1.29 is 9.72 Å². The van der Waals surface area contributed by atoms with Crippen LogP contribution in [0.25, 0.3) is 0 Å². The molecule has 0 aliphatic rings. The van der Waals surface area contributed by atoms with E-state index in [1.807, 2.05) is 24.3 Å². The zero-order valence-electron chi connectivity index (χ0n) is 10.7. The topological polar surface area (TPSA) is 79.2 Å². The van der Waals surface area contributed by atoms with Crippen molar-refractivity contribution in [2.45, 2.75) is 6.54 Å². The molecule has 0 bridgehead atoms. The quantitative estimate of drug-likeness (QED) is 0.688. The molecule has 0 saturated carbocycles. The van der Waals surface area contributed by atoms with Crippen LogP contribution in [-0.2, 0) is 6.54 Å². The van der Waals surface area contributed by atoms with Crippen molar-refractivity contribution in [3.05, 3.63) is 62.4 Å². The number of nitrogens with one attached hydrogen (secondary N) is 1. The molecule has 2 rings (SSSR count). The predicted octanol–water partition coefficient (Wildman–Crippen LogP) is 2.96. The highest BCUT2D eigenvalue weighted by Crippen LogP contribution is 2.15. The third-order valence-electron chi connectivity index (χ3n) is 2.79. The highest BCUT2D eigenvalue weighted by molar-refractivity contribution is 9.10. The van der Waals surface area contributed by atoms with Crippen molar-refractivity contribution >= 4 is 27.5 Å². The van der Waals surface area contributed by atoms with Crippen LogP contribution in [0.1, 0.15) is 16.1 Å². The Labute approximate surface area is 123 Å². The van der Waals surface area contributed by atoms with Crippen LogP contribution in [-0.4, -0.2) is 27.8 Å². The molecule has 0 saturated heterocycles. The van der Waals surface area contributed by atoms with Crippen molar-refractivity contribution in [3.63, 3.8) is 0 Å². The van der Waals surface area contributed by atoms with Crippen LogP contribution >= 0.6 is 15.9 Å². The lowest BCUT2D eigenvalue weighted by atomic mass is 10.2. The highest BCUT2D eigenvalue weighted by atomic mass is 79.9. The van der Waals surface area contributed by atoms with E-state index in [9.17, 15) is 14.9 Å². The average Bonchev–Trinajstić information content (AvgIpc) is 2.90. The van der Waals surface area contributed by atoms with Crippen LogP contribution in [0.3, 0.4) is 0 Å². The summed E-state index contributed by atoms with van der Waals surface area (Å²) in [5.74, 6) is -0.291. The van der Waals surface area contributed by atoms with Gasteiger partial charge in [-0.2, -0.15) is 0 Å². The number of nitrogens with zero attached hydrogens (tertiary/aromatic N) is 2. The number of nitro groups is 1. The van der Waals surface area contributed by atoms with Gasteiger partial charge < -0.3 is 9.88 Å². The summed E-state index contributed by atoms with van der Waals surface area (Å²) in [5, 5.41) is 10.6. The molecule has 6 nitrogen and oxygen atoms in total. The molecular formula is C13H12BrN3O3. The van der Waals surface area contributed by atoms with E-state index in [4.69, 9.17) is 0 Å². The first-order valence-corrected chi connectivity index (χ1v) is 6.59. The number of carbonyl (C=O) groups is 1. The van der Waals surface area contributed by atoms with Gasteiger partial charge in [0.15, 0.2) is 0 Å². The highest BCUT2D eigenvalue weighted by Gasteiger charge is 2.17. The predicted molar refractivity (Wildman–Crippen MR) is 77.4 cm³/mol. The molecule has 1 heterocycles. The van der Waals surface area contributed by atoms with Gasteiger partial charge in [-0.05, 0) is 17.7 Å². The molecule has 1 amide bonds. The molecule has 7 heteroatoms. The van der Waals surface area contributed by atoms with Crippen LogP contribution in [0.4, 0.5) is 5.69 Å². The summed E-state index contributed by atoms with van der Waals surface area (Å²) >= 11 is 3.34. The summed E-state index contributed by atoms with van der Waals surface area (Å²) in [6.45, 7) is 0.429. The summed E-state index contributed by atoms with van der Waals surface area (Å²) in [6.07, 6.45) is 1.21. The molecule has 104 valence electrons. The minimum atomic E-state index is -0.540. The Morgan fingerprint density at radius 3 is 2.60 bits per heavy atom. The summed E-state index contributed by atoms with van der Waals surface area (Å²) in [7, 11) is 1.65. The van der Waals surface area contributed by atoms with Crippen LogP contribution in [0.2, 0.25) is 0 Å². The Morgan fingerprint density at radius 2 is 2.05 bits per heavy atom. The van der Waals surface area contributed by atoms with Gasteiger partial charge in [0.25, 0.3) is 11.6 Å². The van der Waals surface area contributed by atoms with E-state index in [1.165, 1.54) is 17.2 Å². The van der Waals surface area contributed by atoms with Gasteiger partial charge in [-0.15, -0.1) is 0 Å². The van der Waals surface area contributed by atoms with Crippen LogP contribution in [0.5, 0.6) is 0 Å². The average molecular weight is 338 g/mol. The van der Waals surface area contributed by atoms with E-state index < -0.39 is 4.92 Å². The first-order chi connectivity index (χ1) is 9.47. The first kappa shape index (κ1) is 14.3. The molecule has 20 heavy (non-hydrogen) atoms. The smallest absolute Gasteiger partial charge is 0.287 e. The van der Waals surface area contributed by atoms with Crippen molar-refractivity contribution in [1.29, 1.82) is 0 Å². The fourth-order valence-corrected chi connectivity index (χ4v) is 2.02. The standard InChI is InChI=1S/C13H12BrN3O3/c1-16(8-9-2-4-10(14)5-3-9)13(18)12-6-11(7-15-12)17(19)20/h2-7,15H,8H2,1H3. The maximum atomic E-state index is 12.1. The Balaban J connectivity index is 2.07. The van der Waals surface area contributed by atoms with E-state index in [1.54, 1.807) is 7.05 Å². The fourth-order valence-electron chi connectivity index (χ4n) is 1.75. The number of halogens is 1. The second kappa shape index (κ2) is 5.87. The number of amides is 1. The third-order valence-corrected chi connectivity index (χ3v) is 3.32. The van der Waals surface area contributed by atoms with Crippen LogP contribution in [0.15, 0.2) is 41.0 Å². The fraction of sp³-hybridized carbons (Fsp3) is 0.154. The Morgan fingerprint density at radius 1 is 1.40 bits per heavy atom. The first-order valence-electron chi connectivity index (χ1n) is 5.80. The SMILES string of the molecule is CN(Cc1ccc(Br)cc1)C(=O)c1cc([N+](=O)[O-])c[nH]1. The zero-order chi connectivity index (χ0) is 14.7. The number of aromatic amines is 1. The molecule has 0 aliphatic carbocycles. The normalized spacial score (nSPS) is 10.3. The number of rotatable bonds is 4. The van der Waals surface area contributed by atoms with E-state index in [0.29, 0.717) is 6.54 Å². The molecule has 1 aromatic heterocycles. The second-order valence-corrected chi connectivity index (χ2v) is 5.23. The van der Waals surface area contributed by atoms with Gasteiger partial charge in [-0.25, -0.2) is 0 Å². The number of hydrogen-bond donors (Lipinski definition) is 1. The Bertz CT molecular complexity index is 637. The van der Waals surface area contributed by atoms with Crippen LogP contribution < -0.4 is 0 Å². The van der Waals surface area contributed by atoms with Gasteiger partial charge >= 0.3 is 0 Å². The second-order valence-electron chi connectivity index (χ2n) is 4.32. The monoisotopic (exact) mass is 337 g/mol. The lowest BCUT2D eigenvalue weighted by Gasteiger charge is -2.16. The number of benzene rings is 1. The van der Waals surface area contributed by atoms with Crippen molar-refractivity contribution in [3.8, 4) is 0 Å². The number of H-pyrrole nitrogens is 1. The molecule has 0 atom stereocenters. The van der Waals surface area contributed by atoms with E-state index in [-0.39, 0.29) is 17.3 Å². The molecule has 0 radical (unpaired) electrons. The summed E-state index contributed by atoms with van der Waals surface area (Å²) in [4.78, 5) is 26.3. The van der Waals surface area contributed by atoms with Gasteiger partial charge in [-0.3, -0.25) is 14.9 Å². The minimum absolute atomic E-state index is 0.120. The van der Waals surface area contributed by atoms with Gasteiger partial charge in [0, 0.05) is 24.1 Å². The molecular weight excluding hydrogens is 326 g/mol. The van der Waals surface area contributed by atoms with Crippen LogP contribution in [0, 0.1) is 10.1 Å². The number of carbonyl (C=O) groups excluding carboxylic acids is 1. The lowest BCUT2D eigenvalue weighted by molar-refractivity contribution is -0.384. The molecule has 2 aromatic rings. The Kier molecular flexibility index (Phi) is 4.19. The maximum Gasteiger partial charge on any atom is 0.287 e. The summed E-state index contributed by atoms with van der Waals surface area (Å²) in [5.41, 5.74) is 1.06. The third kappa shape index (κ3) is 3.24. The van der Waals surface area contributed by atoms with Gasteiger partial charge in [0.2, 0.25) is 0 Å². The van der Waals surface area contributed by atoms with Crippen molar-refractivity contribution in [2.24, 2.45) is 0 Å². The molecule has 0 aliphatic heterocycles. The van der Waals surface area contributed by atoms with Crippen molar-refractivity contribution in [1.82, 2.24) is 9.88 Å². The van der Waals surface area contributed by atoms with Gasteiger partial charge in [-0.1, -0.05) is 28.1 Å². The van der Waals surface area contributed by atoms with E-state index in [2.05, 4.69) is 20.9 Å². The summed E-state index contributed by atoms with van der Waals surface area (Å²) in [6, 6.07) is 8.84. The number of hydrogen-bond acceptors (Lipinski definition) is 3. The molecule has 1 aromatic carbocycles. The van der Waals surface area contributed by atoms with Gasteiger partial charge in [0.05, 0.1) is 11.1 Å². The largest absolute Gasteiger partial charge is 0.351 e. The van der Waals surface area contributed by atoms with E-state index >= 15 is 0 Å². The summed E-state index contributed by atoms with van der Waals surface area (Å²) < 4.78 is 0.968. The van der Waals surface area contributed by atoms with Gasteiger partial charge in [0.1, 0.15) is 5.69 Å². The number of aromatic nitrogens is 1. The van der Waals surface area contributed by atoms with E-state index in [0.717, 1.165) is 10.0 Å². The molecule has 0 unspecified atom stereocenters. The molecule has 0 fully saturated rings. The zero-order valence-corrected chi connectivity index (χ0v) is 12.3. The lowest BCUT2D eigenvalue weighted by Crippen LogP contribution is -2.26. The molecule has 0 spiro atoms. The van der Waals surface area contributed by atoms with Crippen molar-refractivity contribution in [2.75, 3.05) is 7.05 Å².